The molecule has 8 heteroatoms. The quantitative estimate of drug-likeness (QED) is 0.871. The molecule has 0 unspecified atom stereocenters. The first-order valence-corrected chi connectivity index (χ1v) is 8.00. The third kappa shape index (κ3) is 3.10. The van der Waals surface area contributed by atoms with Crippen molar-refractivity contribution in [3.8, 4) is 0 Å². The summed E-state index contributed by atoms with van der Waals surface area (Å²) in [5.74, 6) is 0.588. The molecule has 2 aliphatic rings. The van der Waals surface area contributed by atoms with Gasteiger partial charge in [0.05, 0.1) is 12.2 Å². The van der Waals surface area contributed by atoms with Gasteiger partial charge in [-0.2, -0.15) is 0 Å². The van der Waals surface area contributed by atoms with Crippen molar-refractivity contribution in [3.63, 3.8) is 0 Å². The van der Waals surface area contributed by atoms with Gasteiger partial charge < -0.3 is 5.73 Å². The van der Waals surface area contributed by atoms with Crippen LogP contribution in [0.2, 0.25) is 0 Å². The molecule has 24 heavy (non-hydrogen) atoms. The summed E-state index contributed by atoms with van der Waals surface area (Å²) in [6.45, 7) is 0.583. The zero-order valence-electron chi connectivity index (χ0n) is 13.3. The van der Waals surface area contributed by atoms with Gasteiger partial charge in [-0.15, -0.1) is 24.8 Å². The number of hydrogen-bond donors (Lipinski definition) is 1. The lowest BCUT2D eigenvalue weighted by Crippen LogP contribution is -2.29. The Morgan fingerprint density at radius 1 is 1.08 bits per heavy atom. The van der Waals surface area contributed by atoms with Crippen LogP contribution in [0.3, 0.4) is 0 Å². The minimum absolute atomic E-state index is 0. The summed E-state index contributed by atoms with van der Waals surface area (Å²) >= 11 is 0. The van der Waals surface area contributed by atoms with Gasteiger partial charge in [-0.05, 0) is 44.1 Å². The third-order valence-electron chi connectivity index (χ3n) is 5.17. The van der Waals surface area contributed by atoms with Crippen LogP contribution in [-0.4, -0.2) is 20.2 Å². The first-order valence-electron chi connectivity index (χ1n) is 8.00. The van der Waals surface area contributed by atoms with Crippen LogP contribution in [-0.2, 0) is 6.54 Å². The number of rotatable bonds is 2. The molecule has 2 aromatic heterocycles. The van der Waals surface area contributed by atoms with E-state index in [1.54, 1.807) is 15.2 Å². The van der Waals surface area contributed by atoms with Crippen LogP contribution in [0.1, 0.15) is 38.1 Å². The van der Waals surface area contributed by atoms with Crippen molar-refractivity contribution >= 4 is 36.0 Å². The molecule has 0 saturated heterocycles. The smallest absolute Gasteiger partial charge is 0.270 e. The second-order valence-electron chi connectivity index (χ2n) is 6.63. The Morgan fingerprint density at radius 3 is 2.50 bits per heavy atom. The molecule has 2 aromatic rings. The summed E-state index contributed by atoms with van der Waals surface area (Å²) in [7, 11) is 0. The van der Waals surface area contributed by atoms with Crippen LogP contribution >= 0.6 is 24.8 Å². The third-order valence-corrected chi connectivity index (χ3v) is 5.17. The van der Waals surface area contributed by atoms with Gasteiger partial charge in [0.15, 0.2) is 0 Å². The Balaban J connectivity index is 0.00000104. The molecule has 132 valence electrons. The van der Waals surface area contributed by atoms with Crippen molar-refractivity contribution in [2.24, 2.45) is 11.7 Å². The highest BCUT2D eigenvalue weighted by molar-refractivity contribution is 5.85. The fourth-order valence-corrected chi connectivity index (χ4v) is 4.01. The van der Waals surface area contributed by atoms with Crippen molar-refractivity contribution in [3.05, 3.63) is 39.0 Å². The number of nitrogens with zero attached hydrogens (tertiary/aromatic N) is 3. The molecule has 0 spiro atoms. The zero-order valence-corrected chi connectivity index (χ0v) is 14.9. The number of halogens is 2. The van der Waals surface area contributed by atoms with E-state index < -0.39 is 0 Å². The highest BCUT2D eigenvalue weighted by Gasteiger charge is 2.30. The Bertz CT molecular complexity index is 835. The maximum Gasteiger partial charge on any atom is 0.270 e. The Kier molecular flexibility index (Phi) is 5.73. The fourth-order valence-electron chi connectivity index (χ4n) is 4.01. The molecule has 1 saturated carbocycles. The van der Waals surface area contributed by atoms with Gasteiger partial charge in [-0.1, -0.05) is 0 Å². The van der Waals surface area contributed by atoms with E-state index in [1.807, 2.05) is 0 Å². The minimum Gasteiger partial charge on any atom is -0.328 e. The van der Waals surface area contributed by atoms with Crippen molar-refractivity contribution in [2.45, 2.75) is 50.7 Å². The molecule has 0 aromatic carbocycles. The predicted molar refractivity (Wildman–Crippen MR) is 98.3 cm³/mol. The monoisotopic (exact) mass is 372 g/mol. The molecule has 0 bridgehead atoms. The normalized spacial score (nSPS) is 25.1. The van der Waals surface area contributed by atoms with Crippen LogP contribution in [0.5, 0.6) is 0 Å². The number of pyridine rings is 1. The number of nitrogens with two attached hydrogens (primary N) is 1. The maximum atomic E-state index is 12.3. The highest BCUT2D eigenvalue weighted by atomic mass is 35.5. The first kappa shape index (κ1) is 19.0. The van der Waals surface area contributed by atoms with Crippen LogP contribution in [0.15, 0.2) is 27.9 Å². The van der Waals surface area contributed by atoms with Gasteiger partial charge in [0, 0.05) is 18.7 Å². The topological polar surface area (TPSA) is 82.9 Å². The average molecular weight is 373 g/mol. The van der Waals surface area contributed by atoms with Gasteiger partial charge >= 0.3 is 0 Å². The van der Waals surface area contributed by atoms with Crippen molar-refractivity contribution in [2.75, 3.05) is 0 Å². The van der Waals surface area contributed by atoms with Crippen LogP contribution in [0.25, 0.3) is 11.2 Å². The Morgan fingerprint density at radius 2 is 1.79 bits per heavy atom. The van der Waals surface area contributed by atoms with Crippen molar-refractivity contribution in [1.29, 1.82) is 0 Å². The second kappa shape index (κ2) is 7.25. The molecule has 6 nitrogen and oxygen atoms in total. The van der Waals surface area contributed by atoms with Crippen LogP contribution in [0, 0.1) is 5.92 Å². The second-order valence-corrected chi connectivity index (χ2v) is 6.63. The fraction of sp³-hybridized carbons (Fsp3) is 0.562. The molecule has 0 radical (unpaired) electrons. The van der Waals surface area contributed by atoms with E-state index in [2.05, 4.69) is 4.98 Å². The molecule has 4 rings (SSSR count). The largest absolute Gasteiger partial charge is 0.328 e. The summed E-state index contributed by atoms with van der Waals surface area (Å²) in [4.78, 5) is 28.5. The van der Waals surface area contributed by atoms with Gasteiger partial charge in [0.1, 0.15) is 11.2 Å². The number of hydrogen-bond acceptors (Lipinski definition) is 4. The Labute approximate surface area is 151 Å². The molecule has 1 fully saturated rings. The molecule has 0 amide bonds. The van der Waals surface area contributed by atoms with Gasteiger partial charge in [0.25, 0.3) is 11.1 Å². The summed E-state index contributed by atoms with van der Waals surface area (Å²) in [6.07, 6.45) is 6.66. The molecular formula is C16H22Cl2N4O2. The standard InChI is InChI=1S/C16H20N4O2.2ClH/c17-11-3-1-10(2-4-11)7-12-9-19-14(21)6-5-13-16(19)20(12)15(22)8-18-13;;/h5-6,8,10-12H,1-4,7,9,17H2;2*1H/t10?,11?,12-;;/m1../s1. The van der Waals surface area contributed by atoms with E-state index in [9.17, 15) is 9.59 Å². The van der Waals surface area contributed by atoms with E-state index >= 15 is 0 Å². The molecule has 1 aliphatic heterocycles. The SMILES string of the molecule is Cl.Cl.NC1CCC(C[C@@H]2Cn3c(=O)ccc4ncc(=O)n2c43)CC1. The number of aromatic nitrogens is 3. The van der Waals surface area contributed by atoms with Crippen molar-refractivity contribution in [1.82, 2.24) is 14.1 Å². The van der Waals surface area contributed by atoms with E-state index in [0.29, 0.717) is 29.7 Å². The minimum atomic E-state index is -0.109. The van der Waals surface area contributed by atoms with Crippen LogP contribution < -0.4 is 16.9 Å². The van der Waals surface area contributed by atoms with E-state index in [1.165, 1.54) is 12.3 Å². The van der Waals surface area contributed by atoms with E-state index in [4.69, 9.17) is 5.73 Å². The highest BCUT2D eigenvalue weighted by Crippen LogP contribution is 2.33. The van der Waals surface area contributed by atoms with Crippen molar-refractivity contribution < 1.29 is 0 Å². The molecule has 3 heterocycles. The van der Waals surface area contributed by atoms with Gasteiger partial charge in [-0.3, -0.25) is 18.7 Å². The lowest BCUT2D eigenvalue weighted by molar-refractivity contribution is 0.266. The first-order chi connectivity index (χ1) is 10.6. The summed E-state index contributed by atoms with van der Waals surface area (Å²) < 4.78 is 3.47. The predicted octanol–water partition coefficient (Wildman–Crippen LogP) is 1.86. The van der Waals surface area contributed by atoms with Gasteiger partial charge in [0.2, 0.25) is 0 Å². The summed E-state index contributed by atoms with van der Waals surface area (Å²) in [6, 6.07) is 3.63. The lowest BCUT2D eigenvalue weighted by Gasteiger charge is -2.28. The summed E-state index contributed by atoms with van der Waals surface area (Å²) in [5.41, 5.74) is 7.20. The van der Waals surface area contributed by atoms with E-state index in [0.717, 1.165) is 32.1 Å². The molecular weight excluding hydrogens is 351 g/mol. The Hall–Kier alpha value is -1.37. The molecule has 1 atom stereocenters. The zero-order chi connectivity index (χ0) is 15.3. The maximum absolute atomic E-state index is 12.3. The summed E-state index contributed by atoms with van der Waals surface area (Å²) in [5, 5.41) is 0. The average Bonchev–Trinajstić information content (AvgIpc) is 2.89. The van der Waals surface area contributed by atoms with E-state index in [-0.39, 0.29) is 42.0 Å². The van der Waals surface area contributed by atoms with Crippen LogP contribution in [0.4, 0.5) is 0 Å². The lowest BCUT2D eigenvalue weighted by atomic mass is 9.82. The molecule has 1 aliphatic carbocycles. The van der Waals surface area contributed by atoms with Gasteiger partial charge in [-0.25, -0.2) is 4.98 Å². The molecule has 2 N–H and O–H groups in total.